The number of hydrogen-bond donors (Lipinski definition) is 1. The summed E-state index contributed by atoms with van der Waals surface area (Å²) in [5.74, 6) is 0.213. The highest BCUT2D eigenvalue weighted by Crippen LogP contribution is 2.16. The molecular weight excluding hydrogens is 152 g/mol. The predicted octanol–water partition coefficient (Wildman–Crippen LogP) is 0.607. The van der Waals surface area contributed by atoms with E-state index in [4.69, 9.17) is 0 Å². The molecule has 0 saturated carbocycles. The van der Waals surface area contributed by atoms with Gasteiger partial charge in [0.25, 0.3) is 0 Å². The third-order valence-corrected chi connectivity index (χ3v) is 2.08. The molecule has 0 bridgehead atoms. The normalized spacial score (nSPS) is 26.8. The van der Waals surface area contributed by atoms with E-state index in [0.29, 0.717) is 0 Å². The first kappa shape index (κ1) is 9.52. The molecule has 1 fully saturated rings. The maximum atomic E-state index is 11.3. The molecule has 0 aromatic carbocycles. The lowest BCUT2D eigenvalue weighted by Gasteiger charge is -2.02. The number of nitrogens with one attached hydrogen (secondary N) is 1. The monoisotopic (exact) mass is 170 g/mol. The van der Waals surface area contributed by atoms with Gasteiger partial charge < -0.3 is 5.32 Å². The molecular formula is C9H18N2O. The summed E-state index contributed by atoms with van der Waals surface area (Å²) in [5.41, 5.74) is 0. The zero-order chi connectivity index (χ0) is 8.97. The van der Waals surface area contributed by atoms with E-state index in [1.54, 1.807) is 0 Å². The zero-order valence-corrected chi connectivity index (χ0v) is 7.97. The van der Waals surface area contributed by atoms with Crippen LogP contribution in [0.1, 0.15) is 26.7 Å². The zero-order valence-electron chi connectivity index (χ0n) is 7.97. The molecule has 0 aliphatic carbocycles. The highest BCUT2D eigenvalue weighted by molar-refractivity contribution is 5.84. The standard InChI is InChI=1S/C9H18N2O/c1-3-5-10-9(12)8-7-11(8)6-4-2/h8H,3-7H2,1-2H3,(H,10,12). The smallest absolute Gasteiger partial charge is 0.238 e. The molecule has 1 heterocycles. The molecule has 1 N–H and O–H groups in total. The van der Waals surface area contributed by atoms with Gasteiger partial charge in [-0.2, -0.15) is 0 Å². The average molecular weight is 170 g/mol. The molecule has 1 aliphatic rings. The van der Waals surface area contributed by atoms with Crippen LogP contribution in [0.2, 0.25) is 0 Å². The van der Waals surface area contributed by atoms with Crippen molar-refractivity contribution >= 4 is 5.91 Å². The lowest BCUT2D eigenvalue weighted by molar-refractivity contribution is -0.121. The van der Waals surface area contributed by atoms with Gasteiger partial charge in [-0.25, -0.2) is 0 Å². The Kier molecular flexibility index (Phi) is 3.53. The lowest BCUT2D eigenvalue weighted by atomic mass is 10.4. The van der Waals surface area contributed by atoms with Gasteiger partial charge in [-0.05, 0) is 19.4 Å². The summed E-state index contributed by atoms with van der Waals surface area (Å²) in [5, 5.41) is 2.90. The molecule has 1 saturated heterocycles. The van der Waals surface area contributed by atoms with Crippen molar-refractivity contribution in [3.8, 4) is 0 Å². The summed E-state index contributed by atoms with van der Waals surface area (Å²) in [6.07, 6.45) is 2.16. The average Bonchev–Trinajstić information content (AvgIpc) is 2.80. The molecule has 0 radical (unpaired) electrons. The second-order valence-corrected chi connectivity index (χ2v) is 3.30. The quantitative estimate of drug-likeness (QED) is 0.613. The van der Waals surface area contributed by atoms with Crippen molar-refractivity contribution in [2.45, 2.75) is 32.7 Å². The van der Waals surface area contributed by atoms with Crippen molar-refractivity contribution in [2.75, 3.05) is 19.6 Å². The minimum Gasteiger partial charge on any atom is -0.355 e. The van der Waals surface area contributed by atoms with Crippen LogP contribution < -0.4 is 5.32 Å². The van der Waals surface area contributed by atoms with Crippen molar-refractivity contribution in [2.24, 2.45) is 0 Å². The Bertz CT molecular complexity index is 159. The molecule has 0 aromatic heterocycles. The van der Waals surface area contributed by atoms with E-state index in [1.165, 1.54) is 0 Å². The Morgan fingerprint density at radius 1 is 1.50 bits per heavy atom. The Balaban J connectivity index is 2.11. The molecule has 2 atom stereocenters. The number of hydrogen-bond acceptors (Lipinski definition) is 2. The van der Waals surface area contributed by atoms with E-state index in [-0.39, 0.29) is 11.9 Å². The maximum Gasteiger partial charge on any atom is 0.238 e. The lowest BCUT2D eigenvalue weighted by Crippen LogP contribution is -2.30. The third-order valence-electron chi connectivity index (χ3n) is 2.08. The van der Waals surface area contributed by atoms with Crippen LogP contribution in [0, 0.1) is 0 Å². The Morgan fingerprint density at radius 3 is 2.83 bits per heavy atom. The Labute approximate surface area is 74.1 Å². The van der Waals surface area contributed by atoms with Crippen LogP contribution in [-0.4, -0.2) is 36.5 Å². The van der Waals surface area contributed by atoms with E-state index >= 15 is 0 Å². The van der Waals surface area contributed by atoms with Gasteiger partial charge >= 0.3 is 0 Å². The van der Waals surface area contributed by atoms with Gasteiger partial charge in [-0.15, -0.1) is 0 Å². The topological polar surface area (TPSA) is 32.1 Å². The van der Waals surface area contributed by atoms with Crippen LogP contribution >= 0.6 is 0 Å². The highest BCUT2D eigenvalue weighted by Gasteiger charge is 2.38. The van der Waals surface area contributed by atoms with Crippen LogP contribution in [-0.2, 0) is 4.79 Å². The van der Waals surface area contributed by atoms with Crippen LogP contribution in [0.5, 0.6) is 0 Å². The van der Waals surface area contributed by atoms with Gasteiger partial charge in [0.05, 0.1) is 0 Å². The fraction of sp³-hybridized carbons (Fsp3) is 0.889. The van der Waals surface area contributed by atoms with Crippen molar-refractivity contribution in [1.82, 2.24) is 10.2 Å². The first-order chi connectivity index (χ1) is 5.79. The van der Waals surface area contributed by atoms with Crippen LogP contribution in [0.3, 0.4) is 0 Å². The van der Waals surface area contributed by atoms with Gasteiger partial charge in [-0.1, -0.05) is 13.8 Å². The summed E-state index contributed by atoms with van der Waals surface area (Å²) in [6, 6.07) is 0.191. The first-order valence-corrected chi connectivity index (χ1v) is 4.81. The molecule has 0 spiro atoms. The first-order valence-electron chi connectivity index (χ1n) is 4.81. The summed E-state index contributed by atoms with van der Waals surface area (Å²) in [4.78, 5) is 13.5. The van der Waals surface area contributed by atoms with Crippen LogP contribution in [0.25, 0.3) is 0 Å². The molecule has 2 unspecified atom stereocenters. The Morgan fingerprint density at radius 2 is 2.25 bits per heavy atom. The van der Waals surface area contributed by atoms with Gasteiger partial charge in [0.2, 0.25) is 5.91 Å². The molecule has 0 aromatic rings. The van der Waals surface area contributed by atoms with E-state index in [0.717, 1.165) is 32.5 Å². The van der Waals surface area contributed by atoms with Crippen molar-refractivity contribution in [3.05, 3.63) is 0 Å². The Hall–Kier alpha value is -0.570. The van der Waals surface area contributed by atoms with Crippen molar-refractivity contribution in [1.29, 1.82) is 0 Å². The van der Waals surface area contributed by atoms with Gasteiger partial charge in [0, 0.05) is 13.1 Å². The second-order valence-electron chi connectivity index (χ2n) is 3.30. The molecule has 12 heavy (non-hydrogen) atoms. The van der Waals surface area contributed by atoms with Crippen molar-refractivity contribution in [3.63, 3.8) is 0 Å². The number of rotatable bonds is 5. The van der Waals surface area contributed by atoms with E-state index in [9.17, 15) is 4.79 Å². The van der Waals surface area contributed by atoms with E-state index in [1.807, 2.05) is 0 Å². The highest BCUT2D eigenvalue weighted by atomic mass is 16.2. The summed E-state index contributed by atoms with van der Waals surface area (Å²) < 4.78 is 0. The van der Waals surface area contributed by atoms with Crippen molar-refractivity contribution < 1.29 is 4.79 Å². The molecule has 3 heteroatoms. The van der Waals surface area contributed by atoms with Gasteiger partial charge in [-0.3, -0.25) is 9.69 Å². The fourth-order valence-electron chi connectivity index (χ4n) is 1.32. The number of carbonyl (C=O) groups excluding carboxylic acids is 1. The van der Waals surface area contributed by atoms with E-state index in [2.05, 4.69) is 24.1 Å². The fourth-order valence-corrected chi connectivity index (χ4v) is 1.32. The van der Waals surface area contributed by atoms with Gasteiger partial charge in [0.1, 0.15) is 6.04 Å². The maximum absolute atomic E-state index is 11.3. The third kappa shape index (κ3) is 2.48. The molecule has 1 rings (SSSR count). The molecule has 70 valence electrons. The molecule has 1 amide bonds. The number of carbonyl (C=O) groups is 1. The van der Waals surface area contributed by atoms with Crippen LogP contribution in [0.15, 0.2) is 0 Å². The predicted molar refractivity (Wildman–Crippen MR) is 49.0 cm³/mol. The van der Waals surface area contributed by atoms with Gasteiger partial charge in [0.15, 0.2) is 0 Å². The van der Waals surface area contributed by atoms with Crippen LogP contribution in [0.4, 0.5) is 0 Å². The summed E-state index contributed by atoms with van der Waals surface area (Å²) >= 11 is 0. The minimum atomic E-state index is 0.191. The second kappa shape index (κ2) is 4.45. The SMILES string of the molecule is CCCNC(=O)C1CN1CCC. The largest absolute Gasteiger partial charge is 0.355 e. The summed E-state index contributed by atoms with van der Waals surface area (Å²) in [7, 11) is 0. The number of nitrogens with zero attached hydrogens (tertiary/aromatic N) is 1. The molecule has 1 aliphatic heterocycles. The minimum absolute atomic E-state index is 0.191. The molecule has 3 nitrogen and oxygen atoms in total. The van der Waals surface area contributed by atoms with E-state index < -0.39 is 0 Å². The number of amides is 1. The summed E-state index contributed by atoms with van der Waals surface area (Å²) in [6.45, 7) is 7.04.